The van der Waals surface area contributed by atoms with Crippen molar-refractivity contribution in [2.45, 2.75) is 13.8 Å². The molecule has 1 aromatic heterocycles. The number of aromatic nitrogens is 2. The van der Waals surface area contributed by atoms with Crippen molar-refractivity contribution in [3.8, 4) is 0 Å². The van der Waals surface area contributed by atoms with Crippen LogP contribution in [0, 0.1) is 56.6 Å². The van der Waals surface area contributed by atoms with E-state index in [9.17, 15) is 0 Å². The summed E-state index contributed by atoms with van der Waals surface area (Å²) in [6, 6.07) is 0. The molecule has 0 aliphatic carbocycles. The predicted octanol–water partition coefficient (Wildman–Crippen LogP) is 0.000340. The second-order valence-corrected chi connectivity index (χ2v) is 6.06. The van der Waals surface area contributed by atoms with Gasteiger partial charge in [-0.2, -0.15) is 0 Å². The molecule has 0 saturated carbocycles. The summed E-state index contributed by atoms with van der Waals surface area (Å²) >= 11 is 0.392. The molecule has 0 N–H and O–H groups in total. The topological polar surface area (TPSA) is 25.8 Å². The van der Waals surface area contributed by atoms with Crippen molar-refractivity contribution >= 4 is 0.735 Å². The molecule has 0 aliphatic rings. The Morgan fingerprint density at radius 3 is 2.44 bits per heavy atom. The summed E-state index contributed by atoms with van der Waals surface area (Å²) < 4.78 is 1.30. The fourth-order valence-corrected chi connectivity index (χ4v) is 2.62. The predicted molar refractivity (Wildman–Crippen MR) is 32.5 cm³/mol. The van der Waals surface area contributed by atoms with E-state index in [1.165, 1.54) is 6.30 Å². The molecule has 1 heterocycles. The molecule has 0 atom stereocenters. The third-order valence-electron chi connectivity index (χ3n) is 1.59. The van der Waals surface area contributed by atoms with E-state index in [2.05, 4.69) is 16.9 Å². The van der Waals surface area contributed by atoms with Crippen LogP contribution in [0.1, 0.15) is 11.3 Å². The molecule has 2 nitrogen and oxygen atoms in total. The van der Waals surface area contributed by atoms with Gasteiger partial charge in [0, 0.05) is 0 Å². The summed E-state index contributed by atoms with van der Waals surface area (Å²) in [5, 5.41) is 0. The zero-order valence-electron chi connectivity index (χ0n) is 5.97. The molecule has 0 bridgehead atoms. The average Bonchev–Trinajstić information content (AvgIpc) is 1.83. The summed E-state index contributed by atoms with van der Waals surface area (Å²) in [5.41, 5.74) is 2.42. The van der Waals surface area contributed by atoms with Gasteiger partial charge in [0.25, 0.3) is 0 Å². The van der Waals surface area contributed by atoms with E-state index in [1.54, 1.807) is 6.33 Å². The first kappa shape index (κ1) is 7.65. The van der Waals surface area contributed by atoms with Crippen LogP contribution in [-0.2, 0) is 0 Å². The molecular weight excluding hydrogens is 326 g/mol. The van der Waals surface area contributed by atoms with Gasteiger partial charge >= 0.3 is 84.9 Å². The van der Waals surface area contributed by atoms with Gasteiger partial charge in [-0.15, -0.1) is 0 Å². The van der Waals surface area contributed by atoms with Crippen LogP contribution in [0.5, 0.6) is 0 Å². The van der Waals surface area contributed by atoms with Crippen molar-refractivity contribution in [3.63, 3.8) is 0 Å². The summed E-state index contributed by atoms with van der Waals surface area (Å²) in [6.07, 6.45) is 1.65. The Hall–Kier alpha value is 0.548. The van der Waals surface area contributed by atoms with Crippen LogP contribution in [0.4, 0.5) is 0 Å². The fraction of sp³-hybridized carbons (Fsp3) is 0.333. The monoisotopic (exact) mass is 334 g/mol. The van der Waals surface area contributed by atoms with Crippen molar-refractivity contribution in [2.24, 2.45) is 0 Å². The summed E-state index contributed by atoms with van der Waals surface area (Å²) in [6.45, 7) is 4.12. The van der Waals surface area contributed by atoms with Gasteiger partial charge < -0.3 is 0 Å². The van der Waals surface area contributed by atoms with Gasteiger partial charge in [0.1, 0.15) is 0 Å². The molecule has 0 aromatic carbocycles. The zero-order valence-corrected chi connectivity index (χ0v) is 14.2. The van der Waals surface area contributed by atoms with Crippen LogP contribution in [-0.4, -0.2) is 9.97 Å². The maximum atomic E-state index is 4.13. The first-order valence-electron chi connectivity index (χ1n) is 2.96. The molecule has 0 aliphatic heterocycles. The molecule has 0 amide bonds. The van der Waals surface area contributed by atoms with Crippen molar-refractivity contribution in [1.82, 2.24) is 9.97 Å². The van der Waals surface area contributed by atoms with Crippen LogP contribution in [0.3, 0.4) is 0 Å². The van der Waals surface area contributed by atoms with Crippen LogP contribution in [0.25, 0.3) is 0 Å². The maximum absolute atomic E-state index is 4.13. The quantitative estimate of drug-likeness (QED) is 0.668. The van der Waals surface area contributed by atoms with E-state index in [-0.39, 0.29) is 0 Å². The molecule has 0 unspecified atom stereocenters. The van der Waals surface area contributed by atoms with Crippen LogP contribution < -0.4 is 0.735 Å². The second-order valence-electron chi connectivity index (χ2n) is 2.17. The number of hydrogen-bond acceptors (Lipinski definition) is 2. The van der Waals surface area contributed by atoms with Crippen LogP contribution >= 0.6 is 0 Å². The molecule has 1 aromatic rings. The molecule has 0 saturated heterocycles. The van der Waals surface area contributed by atoms with E-state index in [4.69, 9.17) is 0 Å². The summed E-state index contributed by atoms with van der Waals surface area (Å²) in [7, 11) is 0. The molecule has 0 radical (unpaired) electrons. The first-order valence-corrected chi connectivity index (χ1v) is 7.07. The van der Waals surface area contributed by atoms with Gasteiger partial charge in [-0.25, -0.2) is 0 Å². The number of rotatable bonds is 0. The molecule has 0 fully saturated rings. The Bertz CT molecular complexity index is 202. The zero-order chi connectivity index (χ0) is 6.85. The van der Waals surface area contributed by atoms with E-state index >= 15 is 0 Å². The third kappa shape index (κ3) is 1.73. The van der Waals surface area contributed by atoms with E-state index in [1.807, 2.05) is 6.92 Å². The molecule has 1 rings (SSSR count). The van der Waals surface area contributed by atoms with Crippen molar-refractivity contribution in [3.05, 3.63) is 17.6 Å². The molecular formula is C6H8N2Ra. The van der Waals surface area contributed by atoms with Gasteiger partial charge in [-0.05, 0) is 0 Å². The van der Waals surface area contributed by atoms with E-state index < -0.39 is 0 Å². The Balaban J connectivity index is 3.25. The minimum absolute atomic E-state index is 0.392. The van der Waals surface area contributed by atoms with Crippen LogP contribution in [0.2, 0.25) is 0 Å². The number of nitrogens with zero attached hydrogens (tertiary/aromatic N) is 2. The number of aryl methyl sites for hydroxylation is 1. The Morgan fingerprint density at radius 2 is 2.00 bits per heavy atom. The number of hydrogen-bond donors (Lipinski definition) is 0. The first-order chi connectivity index (χ1) is 4.22. The van der Waals surface area contributed by atoms with Gasteiger partial charge in [-0.3, -0.25) is 0 Å². The van der Waals surface area contributed by atoms with Gasteiger partial charge in [-0.1, -0.05) is 0 Å². The minimum atomic E-state index is 0.392. The van der Waals surface area contributed by atoms with Crippen molar-refractivity contribution < 1.29 is 42.8 Å². The fourth-order valence-electron chi connectivity index (χ4n) is 0.658. The normalized spacial score (nSPS) is 9.44. The van der Waals surface area contributed by atoms with Gasteiger partial charge in [0.05, 0.1) is 0 Å². The Kier molecular flexibility index (Phi) is 2.63. The van der Waals surface area contributed by atoms with E-state index in [0.29, 0.717) is 42.8 Å². The van der Waals surface area contributed by atoms with E-state index in [0.717, 1.165) is 5.69 Å². The Morgan fingerprint density at radius 1 is 1.33 bits per heavy atom. The molecule has 9 heavy (non-hydrogen) atoms. The standard InChI is InChI=1S/C6H7N2.Ra.H/c1-5-3-7-4-8-6(5)2;;/h4H,1-2H3;;. The van der Waals surface area contributed by atoms with Gasteiger partial charge in [0.15, 0.2) is 0 Å². The SMILES string of the molecule is Cc1ncn[c]([RaH])c1C. The average molecular weight is 334 g/mol. The molecule has 0 spiro atoms. The molecule has 44 valence electrons. The van der Waals surface area contributed by atoms with Crippen molar-refractivity contribution in [2.75, 3.05) is 0 Å². The summed E-state index contributed by atoms with van der Waals surface area (Å²) in [5.74, 6) is 0. The second kappa shape index (κ2) is 3.09. The third-order valence-corrected chi connectivity index (χ3v) is 5.73. The molecule has 3 heteroatoms. The summed E-state index contributed by atoms with van der Waals surface area (Å²) in [4.78, 5) is 8.20. The Labute approximate surface area is 83.9 Å². The van der Waals surface area contributed by atoms with Crippen molar-refractivity contribution in [1.29, 1.82) is 0 Å². The van der Waals surface area contributed by atoms with Gasteiger partial charge in [0.2, 0.25) is 0 Å². The van der Waals surface area contributed by atoms with Crippen LogP contribution in [0.15, 0.2) is 6.33 Å².